The number of aryl methyl sites for hydroxylation is 2. The zero-order valence-electron chi connectivity index (χ0n) is 24.3. The smallest absolute Gasteiger partial charge is 0.394 e. The Kier molecular flexibility index (Phi) is 8.33. The number of hydrogen-bond acceptors (Lipinski definition) is 8. The van der Waals surface area contributed by atoms with E-state index in [1.807, 2.05) is 0 Å². The molecule has 1 aliphatic carbocycles. The number of carbonyl (C=O) groups excluding carboxylic acids is 1. The lowest BCUT2D eigenvalue weighted by Gasteiger charge is -2.18. The monoisotopic (exact) mass is 623 g/mol. The Balaban J connectivity index is 1.16. The van der Waals surface area contributed by atoms with Crippen LogP contribution in [0.4, 0.5) is 13.2 Å². The Morgan fingerprint density at radius 1 is 1.23 bits per heavy atom. The van der Waals surface area contributed by atoms with Gasteiger partial charge in [-0.2, -0.15) is 18.3 Å². The lowest BCUT2D eigenvalue weighted by molar-refractivity contribution is -0.190. The number of amides is 1. The fraction of sp³-hybridized carbons (Fsp3) is 0.571. The third kappa shape index (κ3) is 7.03. The molecule has 3 aromatic heterocycles. The van der Waals surface area contributed by atoms with E-state index in [0.717, 1.165) is 25.8 Å². The van der Waals surface area contributed by atoms with Gasteiger partial charge in [0.25, 0.3) is 15.9 Å². The molecule has 15 heteroatoms. The van der Waals surface area contributed by atoms with Gasteiger partial charge in [-0.3, -0.25) is 9.89 Å². The highest BCUT2D eigenvalue weighted by Crippen LogP contribution is 2.59. The van der Waals surface area contributed by atoms with Crippen molar-refractivity contribution < 1.29 is 31.1 Å². The lowest BCUT2D eigenvalue weighted by Crippen LogP contribution is -2.31. The van der Waals surface area contributed by atoms with Crippen LogP contribution in [0.25, 0.3) is 5.82 Å². The first-order valence-corrected chi connectivity index (χ1v) is 15.7. The van der Waals surface area contributed by atoms with Gasteiger partial charge in [-0.25, -0.2) is 22.8 Å². The van der Waals surface area contributed by atoms with E-state index in [-0.39, 0.29) is 53.4 Å². The standard InChI is InChI=1S/C28H36F3N7O4S/c1-18-24(21(35-34-18)6-4-5-19-15-26(2,3)33-16-19)43(40,41)37-25(39)20-7-8-22(32-17-20)38-13-9-23(36-38)42-14-12-27(10-11-27)28(29,30)31/h7-9,13,17,19,33H,4-6,10-12,14-16H2,1-3H3,(H,34,35)(H,37,39)/t19-/m0/s1. The second-order valence-electron chi connectivity index (χ2n) is 12.2. The molecular weight excluding hydrogens is 587 g/mol. The van der Waals surface area contributed by atoms with E-state index in [1.165, 1.54) is 35.3 Å². The quantitative estimate of drug-likeness (QED) is 0.272. The third-order valence-corrected chi connectivity index (χ3v) is 9.79. The molecule has 3 N–H and O–H groups in total. The number of aromatic amines is 1. The maximum atomic E-state index is 13.2. The minimum absolute atomic E-state index is 0.0110. The second-order valence-corrected chi connectivity index (χ2v) is 13.8. The average molecular weight is 624 g/mol. The van der Waals surface area contributed by atoms with Gasteiger partial charge in [0.1, 0.15) is 4.90 Å². The summed E-state index contributed by atoms with van der Waals surface area (Å²) in [6.45, 7) is 6.72. The number of H-pyrrole nitrogens is 1. The van der Waals surface area contributed by atoms with Crippen LogP contribution in [0.2, 0.25) is 0 Å². The number of sulfonamides is 1. The molecule has 0 unspecified atom stereocenters. The van der Waals surface area contributed by atoms with Crippen molar-refractivity contribution in [3.05, 3.63) is 47.5 Å². The van der Waals surface area contributed by atoms with Gasteiger partial charge in [-0.15, -0.1) is 5.10 Å². The van der Waals surface area contributed by atoms with Crippen molar-refractivity contribution in [2.75, 3.05) is 13.2 Å². The van der Waals surface area contributed by atoms with Crippen LogP contribution in [0, 0.1) is 18.3 Å². The molecule has 2 fully saturated rings. The van der Waals surface area contributed by atoms with Crippen molar-refractivity contribution in [2.45, 2.75) is 82.3 Å². The van der Waals surface area contributed by atoms with Crippen LogP contribution in [0.3, 0.4) is 0 Å². The molecule has 1 aliphatic heterocycles. The molecule has 1 atom stereocenters. The topological polar surface area (TPSA) is 144 Å². The van der Waals surface area contributed by atoms with E-state index in [1.54, 1.807) is 6.92 Å². The summed E-state index contributed by atoms with van der Waals surface area (Å²) in [4.78, 5) is 17.0. The van der Waals surface area contributed by atoms with E-state index in [2.05, 4.69) is 44.2 Å². The zero-order chi connectivity index (χ0) is 31.0. The maximum absolute atomic E-state index is 13.2. The van der Waals surface area contributed by atoms with E-state index in [0.29, 0.717) is 23.9 Å². The molecule has 0 aromatic carbocycles. The Morgan fingerprint density at radius 2 is 2.00 bits per heavy atom. The molecule has 3 aromatic rings. The van der Waals surface area contributed by atoms with E-state index < -0.39 is 27.5 Å². The van der Waals surface area contributed by atoms with E-state index in [9.17, 15) is 26.4 Å². The fourth-order valence-corrected chi connectivity index (χ4v) is 7.00. The summed E-state index contributed by atoms with van der Waals surface area (Å²) in [7, 11) is -4.21. The van der Waals surface area contributed by atoms with Crippen LogP contribution in [-0.2, 0) is 16.4 Å². The highest BCUT2D eigenvalue weighted by molar-refractivity contribution is 7.90. The van der Waals surface area contributed by atoms with Crippen molar-refractivity contribution in [3.8, 4) is 11.7 Å². The van der Waals surface area contributed by atoms with Gasteiger partial charge in [0, 0.05) is 24.0 Å². The van der Waals surface area contributed by atoms with Crippen molar-refractivity contribution in [3.63, 3.8) is 0 Å². The van der Waals surface area contributed by atoms with Gasteiger partial charge < -0.3 is 10.1 Å². The molecule has 0 bridgehead atoms. The van der Waals surface area contributed by atoms with Gasteiger partial charge in [0.05, 0.1) is 29.0 Å². The fourth-order valence-electron chi connectivity index (χ4n) is 5.63. The van der Waals surface area contributed by atoms with Crippen molar-refractivity contribution in [2.24, 2.45) is 11.3 Å². The van der Waals surface area contributed by atoms with E-state index in [4.69, 9.17) is 4.74 Å². The summed E-state index contributed by atoms with van der Waals surface area (Å²) < 4.78 is 74.6. The Morgan fingerprint density at radius 3 is 2.63 bits per heavy atom. The number of alkyl halides is 3. The lowest BCUT2D eigenvalue weighted by atomic mass is 9.93. The Labute approximate surface area is 248 Å². The highest BCUT2D eigenvalue weighted by atomic mass is 32.2. The number of pyridine rings is 1. The van der Waals surface area contributed by atoms with Gasteiger partial charge in [-0.05, 0) is 90.3 Å². The summed E-state index contributed by atoms with van der Waals surface area (Å²) in [5.41, 5.74) is -0.798. The molecule has 0 radical (unpaired) electrons. The van der Waals surface area contributed by atoms with Crippen LogP contribution >= 0.6 is 0 Å². The molecule has 11 nitrogen and oxygen atoms in total. The SMILES string of the molecule is Cc1n[nH]c(CCC[C@@H]2CNC(C)(C)C2)c1S(=O)(=O)NC(=O)c1ccc(-n2ccc(OCCC3(C(F)(F)F)CC3)n2)nc1. The van der Waals surface area contributed by atoms with Gasteiger partial charge in [0.2, 0.25) is 5.88 Å². The molecule has 43 heavy (non-hydrogen) atoms. The number of rotatable bonds is 12. The largest absolute Gasteiger partial charge is 0.477 e. The first-order chi connectivity index (χ1) is 20.2. The van der Waals surface area contributed by atoms with Gasteiger partial charge >= 0.3 is 6.18 Å². The highest BCUT2D eigenvalue weighted by Gasteiger charge is 2.62. The molecule has 234 valence electrons. The summed E-state index contributed by atoms with van der Waals surface area (Å²) in [6, 6.07) is 4.36. The van der Waals surface area contributed by atoms with Crippen molar-refractivity contribution in [1.29, 1.82) is 0 Å². The molecule has 1 saturated heterocycles. The van der Waals surface area contributed by atoms with Crippen molar-refractivity contribution >= 4 is 15.9 Å². The number of nitrogens with one attached hydrogen (secondary N) is 3. The molecule has 5 rings (SSSR count). The summed E-state index contributed by atoms with van der Waals surface area (Å²) in [5, 5.41) is 14.6. The zero-order valence-corrected chi connectivity index (χ0v) is 25.1. The molecule has 4 heterocycles. The first-order valence-electron chi connectivity index (χ1n) is 14.3. The summed E-state index contributed by atoms with van der Waals surface area (Å²) in [5.74, 6) is 0.112. The second kappa shape index (κ2) is 11.6. The number of nitrogens with zero attached hydrogens (tertiary/aromatic N) is 4. The number of ether oxygens (including phenoxy) is 1. The minimum Gasteiger partial charge on any atom is -0.477 e. The number of aromatic nitrogens is 5. The number of carbonyl (C=O) groups is 1. The van der Waals surface area contributed by atoms with Crippen LogP contribution in [0.5, 0.6) is 5.88 Å². The van der Waals surface area contributed by atoms with Crippen LogP contribution < -0.4 is 14.8 Å². The third-order valence-electron chi connectivity index (χ3n) is 8.26. The predicted molar refractivity (Wildman–Crippen MR) is 150 cm³/mol. The van der Waals surface area contributed by atoms with Gasteiger partial charge in [0.15, 0.2) is 5.82 Å². The minimum atomic E-state index is -4.24. The Hall–Kier alpha value is -3.46. The van der Waals surface area contributed by atoms with Crippen LogP contribution in [0.15, 0.2) is 35.5 Å². The first kappa shape index (κ1) is 31.0. The molecule has 2 aliphatic rings. The number of halogens is 3. The maximum Gasteiger partial charge on any atom is 0.394 e. The van der Waals surface area contributed by atoms with Crippen molar-refractivity contribution in [1.82, 2.24) is 35.0 Å². The van der Waals surface area contributed by atoms with Crippen LogP contribution in [-0.4, -0.2) is 64.2 Å². The van der Waals surface area contributed by atoms with Crippen LogP contribution in [0.1, 0.15) is 74.1 Å². The number of hydrogen-bond donors (Lipinski definition) is 3. The molecular formula is C28H36F3N7O4S. The summed E-state index contributed by atoms with van der Waals surface area (Å²) >= 11 is 0. The van der Waals surface area contributed by atoms with Gasteiger partial charge in [-0.1, -0.05) is 0 Å². The van der Waals surface area contributed by atoms with E-state index >= 15 is 0 Å². The predicted octanol–water partition coefficient (Wildman–Crippen LogP) is 4.24. The molecule has 0 spiro atoms. The summed E-state index contributed by atoms with van der Waals surface area (Å²) in [6.07, 6.45) is 1.85. The Bertz CT molecular complexity index is 1560. The average Bonchev–Trinajstić information content (AvgIpc) is 3.23. The molecule has 1 saturated carbocycles. The molecule has 1 amide bonds. The normalized spacial score (nSPS) is 19.3.